The van der Waals surface area contributed by atoms with E-state index in [1.54, 1.807) is 6.20 Å². The van der Waals surface area contributed by atoms with Gasteiger partial charge in [0.2, 0.25) is 0 Å². The van der Waals surface area contributed by atoms with Gasteiger partial charge in [0.05, 0.1) is 5.69 Å². The summed E-state index contributed by atoms with van der Waals surface area (Å²) in [7, 11) is 0. The van der Waals surface area contributed by atoms with Crippen molar-refractivity contribution < 1.29 is 0 Å². The molecular formula is C10H15N3. The van der Waals surface area contributed by atoms with Crippen molar-refractivity contribution in [3.63, 3.8) is 0 Å². The first-order valence-corrected chi connectivity index (χ1v) is 4.46. The van der Waals surface area contributed by atoms with Gasteiger partial charge in [-0.15, -0.1) is 0 Å². The molecule has 0 radical (unpaired) electrons. The molecular weight excluding hydrogens is 162 g/mol. The molecule has 0 amide bonds. The molecule has 3 heteroatoms. The van der Waals surface area contributed by atoms with Gasteiger partial charge in [-0.1, -0.05) is 27.7 Å². The van der Waals surface area contributed by atoms with Gasteiger partial charge in [-0.2, -0.15) is 5.26 Å². The first kappa shape index (κ1) is 11.6. The first-order valence-electron chi connectivity index (χ1n) is 4.46. The van der Waals surface area contributed by atoms with E-state index in [2.05, 4.69) is 9.97 Å². The summed E-state index contributed by atoms with van der Waals surface area (Å²) in [6.07, 6.45) is 3.14. The Morgan fingerprint density at radius 1 is 1.23 bits per heavy atom. The molecule has 0 N–H and O–H groups in total. The van der Waals surface area contributed by atoms with E-state index in [1.807, 2.05) is 33.8 Å². The largest absolute Gasteiger partial charge is 0.256 e. The summed E-state index contributed by atoms with van der Waals surface area (Å²) in [6, 6.07) is 2.00. The van der Waals surface area contributed by atoms with E-state index in [9.17, 15) is 0 Å². The Morgan fingerprint density at radius 2 is 1.77 bits per heavy atom. The fraction of sp³-hybridized carbons (Fsp3) is 0.500. The third-order valence-corrected chi connectivity index (χ3v) is 1.38. The highest BCUT2D eigenvalue weighted by Crippen LogP contribution is 2.12. The number of rotatable bonds is 1. The summed E-state index contributed by atoms with van der Waals surface area (Å²) < 4.78 is 0. The molecule has 0 aliphatic rings. The van der Waals surface area contributed by atoms with Gasteiger partial charge in [0.25, 0.3) is 0 Å². The van der Waals surface area contributed by atoms with Crippen molar-refractivity contribution in [2.75, 3.05) is 0 Å². The fourth-order valence-electron chi connectivity index (χ4n) is 0.857. The van der Waals surface area contributed by atoms with Gasteiger partial charge >= 0.3 is 0 Å². The van der Waals surface area contributed by atoms with E-state index in [-0.39, 0.29) is 5.92 Å². The lowest BCUT2D eigenvalue weighted by Crippen LogP contribution is -1.98. The number of aromatic nitrogens is 2. The summed E-state index contributed by atoms with van der Waals surface area (Å²) in [5.41, 5.74) is 1.21. The van der Waals surface area contributed by atoms with E-state index in [4.69, 9.17) is 5.26 Å². The predicted molar refractivity (Wildman–Crippen MR) is 52.2 cm³/mol. The lowest BCUT2D eigenvalue weighted by atomic mass is 10.1. The topological polar surface area (TPSA) is 49.6 Å². The average Bonchev–Trinajstić information content (AvgIpc) is 2.20. The zero-order valence-electron chi connectivity index (χ0n) is 8.57. The average molecular weight is 177 g/mol. The van der Waals surface area contributed by atoms with Gasteiger partial charge in [-0.05, 0) is 5.92 Å². The molecule has 0 atom stereocenters. The normalized spacial score (nSPS) is 8.62. The number of nitrogens with zero attached hydrogens (tertiary/aromatic N) is 3. The van der Waals surface area contributed by atoms with Crippen LogP contribution in [-0.4, -0.2) is 9.97 Å². The smallest absolute Gasteiger partial charge is 0.162 e. The van der Waals surface area contributed by atoms with Crippen LogP contribution in [-0.2, 0) is 0 Å². The van der Waals surface area contributed by atoms with Crippen LogP contribution < -0.4 is 0 Å². The van der Waals surface area contributed by atoms with Crippen molar-refractivity contribution in [1.29, 1.82) is 5.26 Å². The molecule has 0 saturated heterocycles. The van der Waals surface area contributed by atoms with Crippen LogP contribution in [0.25, 0.3) is 0 Å². The Bertz CT molecular complexity index is 286. The van der Waals surface area contributed by atoms with Gasteiger partial charge in [-0.3, -0.25) is 4.98 Å². The quantitative estimate of drug-likeness (QED) is 0.662. The van der Waals surface area contributed by atoms with Gasteiger partial charge in [0, 0.05) is 12.4 Å². The van der Waals surface area contributed by atoms with Gasteiger partial charge < -0.3 is 0 Å². The first-order chi connectivity index (χ1) is 6.25. The van der Waals surface area contributed by atoms with Crippen molar-refractivity contribution in [2.45, 2.75) is 33.6 Å². The second-order valence-electron chi connectivity index (χ2n) is 2.56. The fourth-order valence-corrected chi connectivity index (χ4v) is 0.857. The van der Waals surface area contributed by atoms with Gasteiger partial charge in [0.1, 0.15) is 6.07 Å². The lowest BCUT2D eigenvalue weighted by Gasteiger charge is -2.02. The Hall–Kier alpha value is -1.43. The zero-order chi connectivity index (χ0) is 10.3. The molecule has 0 unspecified atom stereocenters. The van der Waals surface area contributed by atoms with Crippen LogP contribution in [0.5, 0.6) is 0 Å². The molecule has 70 valence electrons. The SMILES string of the molecule is CC.CC(C)c1nccnc1C#N. The minimum Gasteiger partial charge on any atom is -0.256 e. The number of hydrogen-bond donors (Lipinski definition) is 0. The lowest BCUT2D eigenvalue weighted by molar-refractivity contribution is 0.805. The van der Waals surface area contributed by atoms with Crippen LogP contribution in [0.15, 0.2) is 12.4 Å². The molecule has 1 rings (SSSR count). The van der Waals surface area contributed by atoms with Crippen LogP contribution >= 0.6 is 0 Å². The molecule has 1 aromatic heterocycles. The monoisotopic (exact) mass is 177 g/mol. The van der Waals surface area contributed by atoms with Crippen molar-refractivity contribution in [3.8, 4) is 6.07 Å². The molecule has 0 bridgehead atoms. The summed E-state index contributed by atoms with van der Waals surface area (Å²) >= 11 is 0. The number of hydrogen-bond acceptors (Lipinski definition) is 3. The van der Waals surface area contributed by atoms with Crippen molar-refractivity contribution in [3.05, 3.63) is 23.8 Å². The predicted octanol–water partition coefficient (Wildman–Crippen LogP) is 2.50. The Kier molecular flexibility index (Phi) is 5.45. The van der Waals surface area contributed by atoms with Gasteiger partial charge in [0.15, 0.2) is 5.69 Å². The molecule has 1 heterocycles. The number of nitriles is 1. The van der Waals surface area contributed by atoms with Crippen LogP contribution in [0.1, 0.15) is 45.0 Å². The maximum atomic E-state index is 8.61. The highest BCUT2D eigenvalue weighted by molar-refractivity contribution is 5.26. The molecule has 0 fully saturated rings. The minimum absolute atomic E-state index is 0.262. The summed E-state index contributed by atoms with van der Waals surface area (Å²) in [5.74, 6) is 0.262. The molecule has 0 aromatic carbocycles. The molecule has 0 aliphatic heterocycles. The third kappa shape index (κ3) is 3.20. The highest BCUT2D eigenvalue weighted by atomic mass is 14.8. The van der Waals surface area contributed by atoms with E-state index in [0.29, 0.717) is 5.69 Å². The summed E-state index contributed by atoms with van der Waals surface area (Å²) in [5, 5.41) is 8.61. The molecule has 0 saturated carbocycles. The van der Waals surface area contributed by atoms with E-state index in [1.165, 1.54) is 6.20 Å². The second-order valence-corrected chi connectivity index (χ2v) is 2.56. The van der Waals surface area contributed by atoms with Crippen LogP contribution in [0.3, 0.4) is 0 Å². The van der Waals surface area contributed by atoms with Crippen molar-refractivity contribution in [1.82, 2.24) is 9.97 Å². The minimum atomic E-state index is 0.262. The standard InChI is InChI=1S/C8H9N3.C2H6/c1-6(2)8-7(5-9)10-3-4-11-8;1-2/h3-4,6H,1-2H3;1-2H3. The molecule has 0 aliphatic carbocycles. The second kappa shape index (κ2) is 6.13. The van der Waals surface area contributed by atoms with Gasteiger partial charge in [-0.25, -0.2) is 4.98 Å². The zero-order valence-corrected chi connectivity index (χ0v) is 8.57. The third-order valence-electron chi connectivity index (χ3n) is 1.38. The Labute approximate surface area is 79.5 Å². The molecule has 1 aromatic rings. The van der Waals surface area contributed by atoms with Crippen LogP contribution in [0.4, 0.5) is 0 Å². The summed E-state index contributed by atoms with van der Waals surface area (Å²) in [6.45, 7) is 7.98. The Balaban J connectivity index is 0.000000671. The van der Waals surface area contributed by atoms with E-state index in [0.717, 1.165) is 5.69 Å². The van der Waals surface area contributed by atoms with Crippen molar-refractivity contribution in [2.24, 2.45) is 0 Å². The van der Waals surface area contributed by atoms with E-state index >= 15 is 0 Å². The van der Waals surface area contributed by atoms with Crippen LogP contribution in [0.2, 0.25) is 0 Å². The Morgan fingerprint density at radius 3 is 2.15 bits per heavy atom. The van der Waals surface area contributed by atoms with Crippen molar-refractivity contribution >= 4 is 0 Å². The molecule has 13 heavy (non-hydrogen) atoms. The molecule has 3 nitrogen and oxygen atoms in total. The van der Waals surface area contributed by atoms with E-state index < -0.39 is 0 Å². The highest BCUT2D eigenvalue weighted by Gasteiger charge is 2.06. The maximum absolute atomic E-state index is 8.61. The van der Waals surface area contributed by atoms with Crippen LogP contribution in [0, 0.1) is 11.3 Å². The maximum Gasteiger partial charge on any atom is 0.162 e. The molecule has 0 spiro atoms. The summed E-state index contributed by atoms with van der Waals surface area (Å²) in [4.78, 5) is 7.96.